The van der Waals surface area contributed by atoms with Gasteiger partial charge in [0.2, 0.25) is 11.9 Å². The van der Waals surface area contributed by atoms with Crippen LogP contribution in [0.4, 0.5) is 11.4 Å². The van der Waals surface area contributed by atoms with Crippen molar-refractivity contribution in [1.29, 1.82) is 0 Å². The van der Waals surface area contributed by atoms with Crippen LogP contribution in [0, 0.1) is 0 Å². The number of pyridine rings is 1. The lowest BCUT2D eigenvalue weighted by Gasteiger charge is -2.13. The van der Waals surface area contributed by atoms with Crippen molar-refractivity contribution < 1.29 is 14.3 Å². The molecule has 0 unspecified atom stereocenters. The van der Waals surface area contributed by atoms with Gasteiger partial charge in [0.1, 0.15) is 5.75 Å². The molecule has 32 heavy (non-hydrogen) atoms. The number of guanidine groups is 1. The second-order valence-corrected chi connectivity index (χ2v) is 7.12. The summed E-state index contributed by atoms with van der Waals surface area (Å²) in [5.74, 6) is 0.142. The lowest BCUT2D eigenvalue weighted by Crippen LogP contribution is -2.36. The van der Waals surface area contributed by atoms with Crippen LogP contribution in [-0.2, 0) is 11.3 Å². The molecule has 2 aromatic carbocycles. The van der Waals surface area contributed by atoms with Gasteiger partial charge >= 0.3 is 0 Å². The van der Waals surface area contributed by atoms with Crippen LogP contribution < -0.4 is 20.7 Å². The van der Waals surface area contributed by atoms with Crippen molar-refractivity contribution >= 4 is 40.7 Å². The minimum Gasteiger partial charge on any atom is -0.495 e. The summed E-state index contributed by atoms with van der Waals surface area (Å²) in [5, 5.41) is 8.92. The topological polar surface area (TPSA) is 105 Å². The number of aromatic nitrogens is 1. The number of hydrogen-bond acceptors (Lipinski definition) is 5. The molecule has 0 saturated carbocycles. The number of aliphatic imine (C=N–C) groups is 1. The Morgan fingerprint density at radius 1 is 1.06 bits per heavy atom. The molecule has 0 aliphatic rings. The maximum atomic E-state index is 12.9. The third kappa shape index (κ3) is 6.55. The van der Waals surface area contributed by atoms with Gasteiger partial charge in [-0.3, -0.25) is 19.9 Å². The normalized spacial score (nSPS) is 10.9. The monoisotopic (exact) mass is 451 g/mol. The van der Waals surface area contributed by atoms with Crippen molar-refractivity contribution in [1.82, 2.24) is 10.3 Å². The number of nitrogens with zero attached hydrogens (tertiary/aromatic N) is 2. The first-order valence-corrected chi connectivity index (χ1v) is 10.1. The number of carbonyl (C=O) groups is 2. The van der Waals surface area contributed by atoms with E-state index >= 15 is 0 Å². The van der Waals surface area contributed by atoms with Crippen LogP contribution >= 0.6 is 11.6 Å². The summed E-state index contributed by atoms with van der Waals surface area (Å²) in [4.78, 5) is 32.7. The minimum atomic E-state index is -0.394. The van der Waals surface area contributed by atoms with Gasteiger partial charge in [0.25, 0.3) is 5.91 Å². The van der Waals surface area contributed by atoms with Gasteiger partial charge in [0.15, 0.2) is 0 Å². The van der Waals surface area contributed by atoms with Gasteiger partial charge in [0.05, 0.1) is 18.7 Å². The van der Waals surface area contributed by atoms with E-state index in [1.807, 2.05) is 12.1 Å². The van der Waals surface area contributed by atoms with E-state index in [1.54, 1.807) is 54.9 Å². The summed E-state index contributed by atoms with van der Waals surface area (Å²) in [6.45, 7) is 1.70. The molecule has 0 aliphatic carbocycles. The van der Waals surface area contributed by atoms with E-state index in [2.05, 4.69) is 25.9 Å². The van der Waals surface area contributed by atoms with Gasteiger partial charge in [-0.15, -0.1) is 0 Å². The number of rotatable bonds is 6. The molecular formula is C23H22ClN5O3. The second kappa shape index (κ2) is 10.9. The first-order valence-electron chi connectivity index (χ1n) is 9.67. The Morgan fingerprint density at radius 3 is 2.56 bits per heavy atom. The Labute approximate surface area is 190 Å². The molecule has 0 radical (unpaired) electrons. The van der Waals surface area contributed by atoms with Crippen LogP contribution in [0.3, 0.4) is 0 Å². The number of ether oxygens (including phenoxy) is 1. The Kier molecular flexibility index (Phi) is 7.77. The van der Waals surface area contributed by atoms with Crippen LogP contribution in [-0.4, -0.2) is 29.9 Å². The molecule has 3 aromatic rings. The Bertz CT molecular complexity index is 1140. The van der Waals surface area contributed by atoms with Crippen LogP contribution in [0.2, 0.25) is 5.02 Å². The summed E-state index contributed by atoms with van der Waals surface area (Å²) in [6, 6.07) is 15.4. The highest BCUT2D eigenvalue weighted by Gasteiger charge is 2.12. The van der Waals surface area contributed by atoms with Gasteiger partial charge in [-0.05, 0) is 48.0 Å². The number of anilines is 2. The van der Waals surface area contributed by atoms with Crippen LogP contribution in [0.15, 0.2) is 72.0 Å². The quantitative estimate of drug-likeness (QED) is 0.386. The fraction of sp³-hybridized carbons (Fsp3) is 0.130. The van der Waals surface area contributed by atoms with Crippen LogP contribution in [0.25, 0.3) is 0 Å². The highest BCUT2D eigenvalue weighted by atomic mass is 35.5. The van der Waals surface area contributed by atoms with Crippen molar-refractivity contribution in [3.63, 3.8) is 0 Å². The van der Waals surface area contributed by atoms with Gasteiger partial charge in [0, 0.05) is 36.3 Å². The van der Waals surface area contributed by atoms with Crippen molar-refractivity contribution in [3.8, 4) is 5.75 Å². The average molecular weight is 452 g/mol. The third-order valence-corrected chi connectivity index (χ3v) is 4.53. The van der Waals surface area contributed by atoms with E-state index in [0.717, 1.165) is 5.56 Å². The molecule has 3 rings (SSSR count). The molecular weight excluding hydrogens is 430 g/mol. The summed E-state index contributed by atoms with van der Waals surface area (Å²) in [5.41, 5.74) is 2.38. The number of amides is 2. The van der Waals surface area contributed by atoms with E-state index < -0.39 is 5.91 Å². The summed E-state index contributed by atoms with van der Waals surface area (Å²) >= 11 is 6.21. The highest BCUT2D eigenvalue weighted by molar-refractivity contribution is 6.32. The lowest BCUT2D eigenvalue weighted by molar-refractivity contribution is -0.114. The zero-order chi connectivity index (χ0) is 22.9. The van der Waals surface area contributed by atoms with Gasteiger partial charge in [-0.1, -0.05) is 23.7 Å². The summed E-state index contributed by atoms with van der Waals surface area (Å²) < 4.78 is 5.17. The molecule has 1 aromatic heterocycles. The predicted molar refractivity (Wildman–Crippen MR) is 125 cm³/mol. The van der Waals surface area contributed by atoms with Crippen molar-refractivity contribution in [2.24, 2.45) is 4.99 Å². The maximum absolute atomic E-state index is 12.9. The van der Waals surface area contributed by atoms with Crippen molar-refractivity contribution in [2.45, 2.75) is 13.5 Å². The largest absolute Gasteiger partial charge is 0.495 e. The van der Waals surface area contributed by atoms with E-state index in [-0.39, 0.29) is 11.9 Å². The van der Waals surface area contributed by atoms with E-state index in [4.69, 9.17) is 16.3 Å². The van der Waals surface area contributed by atoms with Crippen LogP contribution in [0.1, 0.15) is 22.8 Å². The molecule has 0 aliphatic heterocycles. The summed E-state index contributed by atoms with van der Waals surface area (Å²) in [6.07, 6.45) is 3.37. The number of nitrogens with one attached hydrogen (secondary N) is 3. The number of halogens is 1. The third-order valence-electron chi connectivity index (χ3n) is 4.23. The molecule has 3 N–H and O–H groups in total. The Balaban J connectivity index is 1.82. The van der Waals surface area contributed by atoms with Gasteiger partial charge in [-0.25, -0.2) is 4.99 Å². The number of hydrogen-bond donors (Lipinski definition) is 3. The van der Waals surface area contributed by atoms with Gasteiger partial charge in [-0.2, -0.15) is 0 Å². The molecule has 1 heterocycles. The van der Waals surface area contributed by atoms with Crippen molar-refractivity contribution in [2.75, 3.05) is 17.7 Å². The Morgan fingerprint density at radius 2 is 1.88 bits per heavy atom. The maximum Gasteiger partial charge on any atom is 0.258 e. The highest BCUT2D eigenvalue weighted by Crippen LogP contribution is 2.27. The standard InChI is InChI=1S/C23H22ClN5O3/c1-15(30)27-18-7-3-6-17(11-18)22(31)29-23(26-14-16-5-4-10-25-13-16)28-19-8-9-21(32-2)20(24)12-19/h3-13H,14H2,1-2H3,(H,27,30)(H2,26,28,29,31). The fourth-order valence-corrected chi connectivity index (χ4v) is 3.03. The second-order valence-electron chi connectivity index (χ2n) is 6.72. The number of benzene rings is 2. The molecule has 2 amide bonds. The molecule has 0 atom stereocenters. The SMILES string of the molecule is COc1ccc(NC(=NCc2cccnc2)NC(=O)c2cccc(NC(C)=O)c2)cc1Cl. The molecule has 0 spiro atoms. The number of carbonyl (C=O) groups excluding carboxylic acids is 2. The molecule has 0 fully saturated rings. The first kappa shape index (κ1) is 22.8. The smallest absolute Gasteiger partial charge is 0.258 e. The fourth-order valence-electron chi connectivity index (χ4n) is 2.77. The first-order chi connectivity index (χ1) is 15.4. The molecule has 9 heteroatoms. The van der Waals surface area contributed by atoms with Crippen LogP contribution in [0.5, 0.6) is 5.75 Å². The summed E-state index contributed by atoms with van der Waals surface area (Å²) in [7, 11) is 1.53. The molecule has 8 nitrogen and oxygen atoms in total. The minimum absolute atomic E-state index is 0.223. The molecule has 0 bridgehead atoms. The predicted octanol–water partition coefficient (Wildman–Crippen LogP) is 4.10. The van der Waals surface area contributed by atoms with E-state index in [1.165, 1.54) is 14.0 Å². The van der Waals surface area contributed by atoms with E-state index in [0.29, 0.717) is 34.3 Å². The zero-order valence-corrected chi connectivity index (χ0v) is 18.3. The van der Waals surface area contributed by atoms with Crippen molar-refractivity contribution in [3.05, 3.63) is 83.1 Å². The average Bonchev–Trinajstić information content (AvgIpc) is 2.78. The molecule has 0 saturated heterocycles. The molecule has 164 valence electrons. The zero-order valence-electron chi connectivity index (χ0n) is 17.6. The number of methoxy groups -OCH3 is 1. The van der Waals surface area contributed by atoms with E-state index in [9.17, 15) is 9.59 Å². The lowest BCUT2D eigenvalue weighted by atomic mass is 10.2. The van der Waals surface area contributed by atoms with Gasteiger partial charge < -0.3 is 15.4 Å². The Hall–Kier alpha value is -3.91.